The van der Waals surface area contributed by atoms with E-state index in [4.69, 9.17) is 8.83 Å². The monoisotopic (exact) mass is 911 g/mol. The van der Waals surface area contributed by atoms with Crippen LogP contribution in [-0.2, 0) is 0 Å². The molecule has 0 aliphatic carbocycles. The lowest BCUT2D eigenvalue weighted by Gasteiger charge is -2.28. The van der Waals surface area contributed by atoms with Gasteiger partial charge in [-0.05, 0) is 138 Å². The van der Waals surface area contributed by atoms with Crippen LogP contribution in [0.2, 0.25) is 13.1 Å². The lowest BCUT2D eigenvalue weighted by molar-refractivity contribution is 0.668. The fourth-order valence-corrected chi connectivity index (χ4v) is 14.7. The average Bonchev–Trinajstić information content (AvgIpc) is 4.06. The Morgan fingerprint density at radius 3 is 1.50 bits per heavy atom. The number of nitrogens with zero attached hydrogens (tertiary/aromatic N) is 1. The predicted octanol–water partition coefficient (Wildman–Crippen LogP) is 17.6. The summed E-state index contributed by atoms with van der Waals surface area (Å²) in [6.07, 6.45) is 0. The molecule has 330 valence electrons. The SMILES string of the molecule is C[Si]1(C)c2ccccc2-c2ccc(N(c3ccc(-c4ccccc4)cc3)c3ccc(-c4c(-c5ccc6oc7ccccc7c6c5-c5cccc6ccccc56)ccc5oc6ccccc6c45)cc3)cc21. The molecular weight excluding hydrogens is 867 g/mol. The maximum absolute atomic E-state index is 6.67. The standard InChI is InChI=1S/C66H45NO2Si/c1-70(2)61-26-13-10-20-50(61)51-36-35-48(41-62(51)70)67(46-31-27-43(28-32-46)42-15-4-3-5-16-42)47-33-29-45(30-34-47)63-53(37-39-59-65(63)55-21-8-11-24-57(55)68-59)54-38-40-60-66(56-22-9-12-25-58(56)69-60)64(54)52-23-14-18-44-17-6-7-19-49(44)52/h3-41H,1-2H3. The van der Waals surface area contributed by atoms with Crippen LogP contribution in [0.4, 0.5) is 17.1 Å². The number of para-hydroxylation sites is 2. The number of anilines is 3. The number of furan rings is 2. The minimum atomic E-state index is -1.96. The largest absolute Gasteiger partial charge is 0.456 e. The van der Waals surface area contributed by atoms with Gasteiger partial charge in [-0.1, -0.05) is 177 Å². The molecule has 0 saturated heterocycles. The maximum Gasteiger partial charge on any atom is 0.136 e. The first-order chi connectivity index (χ1) is 34.5. The van der Waals surface area contributed by atoms with Crippen molar-refractivity contribution in [2.24, 2.45) is 0 Å². The molecule has 14 rings (SSSR count). The second-order valence-corrected chi connectivity index (χ2v) is 23.5. The second-order valence-electron chi connectivity index (χ2n) is 19.1. The van der Waals surface area contributed by atoms with Crippen LogP contribution in [0.5, 0.6) is 0 Å². The van der Waals surface area contributed by atoms with Gasteiger partial charge in [-0.25, -0.2) is 0 Å². The molecule has 70 heavy (non-hydrogen) atoms. The van der Waals surface area contributed by atoms with Crippen LogP contribution in [0.3, 0.4) is 0 Å². The minimum absolute atomic E-state index is 0.858. The zero-order chi connectivity index (χ0) is 46.5. The summed E-state index contributed by atoms with van der Waals surface area (Å²) in [5.41, 5.74) is 18.8. The van der Waals surface area contributed by atoms with Gasteiger partial charge >= 0.3 is 0 Å². The predicted molar refractivity (Wildman–Crippen MR) is 297 cm³/mol. The van der Waals surface area contributed by atoms with Crippen molar-refractivity contribution in [3.8, 4) is 55.6 Å². The molecule has 13 aromatic rings. The molecule has 0 atom stereocenters. The van der Waals surface area contributed by atoms with Crippen molar-refractivity contribution in [2.45, 2.75) is 13.1 Å². The van der Waals surface area contributed by atoms with Crippen LogP contribution in [-0.4, -0.2) is 8.07 Å². The molecule has 0 unspecified atom stereocenters. The molecule has 0 radical (unpaired) electrons. The smallest absolute Gasteiger partial charge is 0.136 e. The Bertz CT molecular complexity index is 4200. The zero-order valence-electron chi connectivity index (χ0n) is 38.8. The highest BCUT2D eigenvalue weighted by Gasteiger charge is 2.37. The van der Waals surface area contributed by atoms with Crippen LogP contribution in [0.1, 0.15) is 0 Å². The van der Waals surface area contributed by atoms with Crippen molar-refractivity contribution in [3.63, 3.8) is 0 Å². The van der Waals surface area contributed by atoms with Gasteiger partial charge in [0.15, 0.2) is 0 Å². The van der Waals surface area contributed by atoms with E-state index in [2.05, 4.69) is 255 Å². The van der Waals surface area contributed by atoms with Crippen LogP contribution in [0.25, 0.3) is 110 Å². The number of hydrogen-bond donors (Lipinski definition) is 0. The molecule has 0 spiro atoms. The molecule has 0 N–H and O–H groups in total. The quantitative estimate of drug-likeness (QED) is 0.149. The van der Waals surface area contributed by atoms with E-state index in [1.807, 2.05) is 0 Å². The molecule has 1 aliphatic heterocycles. The summed E-state index contributed by atoms with van der Waals surface area (Å²) < 4.78 is 13.3. The molecule has 1 aliphatic rings. The van der Waals surface area contributed by atoms with Crippen molar-refractivity contribution in [3.05, 3.63) is 237 Å². The first-order valence-corrected chi connectivity index (χ1v) is 27.2. The third-order valence-corrected chi connectivity index (χ3v) is 18.5. The van der Waals surface area contributed by atoms with E-state index in [-0.39, 0.29) is 0 Å². The number of hydrogen-bond acceptors (Lipinski definition) is 3. The fraction of sp³-hybridized carbons (Fsp3) is 0.0303. The van der Waals surface area contributed by atoms with Crippen molar-refractivity contribution in [1.29, 1.82) is 0 Å². The first-order valence-electron chi connectivity index (χ1n) is 24.2. The molecule has 0 saturated carbocycles. The Morgan fingerprint density at radius 2 is 0.800 bits per heavy atom. The Hall–Kier alpha value is -8.70. The minimum Gasteiger partial charge on any atom is -0.456 e. The summed E-state index contributed by atoms with van der Waals surface area (Å²) in [7, 11) is -1.96. The Morgan fingerprint density at radius 1 is 0.314 bits per heavy atom. The first kappa shape index (κ1) is 40.4. The summed E-state index contributed by atoms with van der Waals surface area (Å²) in [6, 6.07) is 86.1. The average molecular weight is 912 g/mol. The van der Waals surface area contributed by atoms with Crippen molar-refractivity contribution in [1.82, 2.24) is 0 Å². The molecule has 2 aromatic heterocycles. The molecule has 0 amide bonds. The summed E-state index contributed by atoms with van der Waals surface area (Å²) >= 11 is 0. The van der Waals surface area contributed by atoms with Crippen molar-refractivity contribution < 1.29 is 8.83 Å². The van der Waals surface area contributed by atoms with Crippen LogP contribution >= 0.6 is 0 Å². The van der Waals surface area contributed by atoms with E-state index in [9.17, 15) is 0 Å². The van der Waals surface area contributed by atoms with Gasteiger partial charge in [-0.2, -0.15) is 0 Å². The Labute approximate surface area is 407 Å². The highest BCUT2D eigenvalue weighted by atomic mass is 28.3. The lowest BCUT2D eigenvalue weighted by atomic mass is 9.84. The van der Waals surface area contributed by atoms with E-state index < -0.39 is 8.07 Å². The van der Waals surface area contributed by atoms with Crippen LogP contribution in [0, 0.1) is 0 Å². The molecule has 4 heteroatoms. The normalized spacial score (nSPS) is 12.8. The van der Waals surface area contributed by atoms with Gasteiger partial charge in [0.05, 0.1) is 0 Å². The zero-order valence-corrected chi connectivity index (χ0v) is 39.8. The highest BCUT2D eigenvalue weighted by Crippen LogP contribution is 2.50. The Kier molecular flexibility index (Phi) is 9.04. The summed E-state index contributed by atoms with van der Waals surface area (Å²) in [5, 5.41) is 9.77. The lowest BCUT2D eigenvalue weighted by Crippen LogP contribution is -2.49. The van der Waals surface area contributed by atoms with Crippen molar-refractivity contribution >= 4 is 90.2 Å². The van der Waals surface area contributed by atoms with Gasteiger partial charge < -0.3 is 13.7 Å². The second kappa shape index (κ2) is 15.7. The van der Waals surface area contributed by atoms with Gasteiger partial charge in [-0.15, -0.1) is 0 Å². The highest BCUT2D eigenvalue weighted by molar-refractivity contribution is 7.03. The van der Waals surface area contributed by atoms with Gasteiger partial charge in [0, 0.05) is 49.7 Å². The Balaban J connectivity index is 0.990. The van der Waals surface area contributed by atoms with Crippen LogP contribution in [0.15, 0.2) is 245 Å². The van der Waals surface area contributed by atoms with Gasteiger partial charge in [0.1, 0.15) is 30.4 Å². The van der Waals surface area contributed by atoms with E-state index in [1.165, 1.54) is 49.0 Å². The molecule has 11 aromatic carbocycles. The molecule has 0 bridgehead atoms. The van der Waals surface area contributed by atoms with E-state index in [0.29, 0.717) is 0 Å². The fourth-order valence-electron chi connectivity index (χ4n) is 11.6. The van der Waals surface area contributed by atoms with E-state index >= 15 is 0 Å². The molecule has 3 heterocycles. The third kappa shape index (κ3) is 6.20. The van der Waals surface area contributed by atoms with Crippen molar-refractivity contribution in [2.75, 3.05) is 4.90 Å². The summed E-state index contributed by atoms with van der Waals surface area (Å²) in [4.78, 5) is 2.43. The van der Waals surface area contributed by atoms with Gasteiger partial charge in [-0.3, -0.25) is 0 Å². The molecule has 0 fully saturated rings. The van der Waals surface area contributed by atoms with E-state index in [0.717, 1.165) is 88.8 Å². The topological polar surface area (TPSA) is 29.5 Å². The van der Waals surface area contributed by atoms with Crippen LogP contribution < -0.4 is 15.3 Å². The summed E-state index contributed by atoms with van der Waals surface area (Å²) in [5.74, 6) is 0. The number of benzene rings is 11. The summed E-state index contributed by atoms with van der Waals surface area (Å²) in [6.45, 7) is 4.98. The maximum atomic E-state index is 6.67. The third-order valence-electron chi connectivity index (χ3n) is 14.9. The number of rotatable bonds is 7. The molecule has 3 nitrogen and oxygen atoms in total. The van der Waals surface area contributed by atoms with Gasteiger partial charge in [0.2, 0.25) is 0 Å². The number of fused-ring (bicyclic) bond motifs is 10. The molecular formula is C66H45NO2Si. The van der Waals surface area contributed by atoms with Gasteiger partial charge in [0.25, 0.3) is 0 Å². The van der Waals surface area contributed by atoms with E-state index in [1.54, 1.807) is 0 Å².